The van der Waals surface area contributed by atoms with Crippen molar-refractivity contribution in [2.45, 2.75) is 32.9 Å². The Bertz CT molecular complexity index is 688. The Morgan fingerprint density at radius 3 is 2.73 bits per heavy atom. The number of likely N-dealkylation sites (tertiary alicyclic amines) is 1. The number of nitrogens with zero attached hydrogens (tertiary/aromatic N) is 2. The Labute approximate surface area is 161 Å². The highest BCUT2D eigenvalue weighted by Crippen LogP contribution is 2.20. The Morgan fingerprint density at radius 1 is 1.19 bits per heavy atom. The number of benzene rings is 1. The summed E-state index contributed by atoms with van der Waals surface area (Å²) in [6.45, 7) is 7.43. The topological polar surface area (TPSA) is 39.7 Å². The second-order valence-corrected chi connectivity index (χ2v) is 8.13. The molecule has 0 unspecified atom stereocenters. The highest BCUT2D eigenvalue weighted by atomic mass is 32.1. The maximum atomic E-state index is 4.36. The fourth-order valence-corrected chi connectivity index (χ4v) is 4.19. The van der Waals surface area contributed by atoms with Crippen LogP contribution >= 0.6 is 11.3 Å². The van der Waals surface area contributed by atoms with Gasteiger partial charge in [-0.25, -0.2) is 0 Å². The van der Waals surface area contributed by atoms with Gasteiger partial charge < -0.3 is 10.6 Å². The van der Waals surface area contributed by atoms with Crippen LogP contribution in [0.15, 0.2) is 46.8 Å². The number of rotatable bonds is 6. The van der Waals surface area contributed by atoms with E-state index >= 15 is 0 Å². The van der Waals surface area contributed by atoms with E-state index in [2.05, 4.69) is 69.2 Å². The van der Waals surface area contributed by atoms with Gasteiger partial charge in [0.1, 0.15) is 0 Å². The molecule has 5 heteroatoms. The van der Waals surface area contributed by atoms with Crippen LogP contribution in [-0.4, -0.2) is 37.5 Å². The van der Waals surface area contributed by atoms with E-state index in [9.17, 15) is 0 Å². The molecule has 1 fully saturated rings. The van der Waals surface area contributed by atoms with Crippen LogP contribution < -0.4 is 10.6 Å². The van der Waals surface area contributed by atoms with Crippen molar-refractivity contribution in [3.05, 3.63) is 57.8 Å². The summed E-state index contributed by atoms with van der Waals surface area (Å²) in [7, 11) is 1.84. The summed E-state index contributed by atoms with van der Waals surface area (Å²) >= 11 is 1.86. The maximum Gasteiger partial charge on any atom is 0.191 e. The first-order valence-corrected chi connectivity index (χ1v) is 10.4. The normalized spacial score (nSPS) is 16.6. The molecule has 140 valence electrons. The molecule has 2 N–H and O–H groups in total. The van der Waals surface area contributed by atoms with Crippen LogP contribution in [-0.2, 0) is 13.1 Å². The number of piperidine rings is 1. The first kappa shape index (κ1) is 18.9. The second-order valence-electron chi connectivity index (χ2n) is 7.09. The molecule has 1 aliphatic heterocycles. The summed E-state index contributed by atoms with van der Waals surface area (Å²) in [6, 6.07) is 13.0. The van der Waals surface area contributed by atoms with Gasteiger partial charge in [-0.2, -0.15) is 0 Å². The molecule has 0 bridgehead atoms. The van der Waals surface area contributed by atoms with E-state index in [1.165, 1.54) is 41.9 Å². The summed E-state index contributed by atoms with van der Waals surface area (Å²) in [4.78, 5) is 8.41. The molecular weight excluding hydrogens is 340 g/mol. The molecule has 0 spiro atoms. The number of aliphatic imine (C=N–C) groups is 1. The molecule has 0 amide bonds. The zero-order valence-electron chi connectivity index (χ0n) is 15.9. The first-order chi connectivity index (χ1) is 12.7. The fourth-order valence-electron chi connectivity index (χ4n) is 3.44. The lowest BCUT2D eigenvalue weighted by atomic mass is 9.97. The van der Waals surface area contributed by atoms with Crippen LogP contribution in [0.25, 0.3) is 0 Å². The van der Waals surface area contributed by atoms with Crippen molar-refractivity contribution < 1.29 is 0 Å². The number of hydrogen-bond donors (Lipinski definition) is 2. The minimum absolute atomic E-state index is 0.729. The molecule has 26 heavy (non-hydrogen) atoms. The predicted octanol–water partition coefficient (Wildman–Crippen LogP) is 3.63. The van der Waals surface area contributed by atoms with Gasteiger partial charge in [-0.3, -0.25) is 9.89 Å². The SMILES string of the molecule is CN=C(NCc1cccc(C)c1)NCC1CCN(Cc2cccs2)CC1. The van der Waals surface area contributed by atoms with E-state index in [0.29, 0.717) is 0 Å². The average Bonchev–Trinajstić information content (AvgIpc) is 3.16. The van der Waals surface area contributed by atoms with Crippen LogP contribution in [0.1, 0.15) is 28.8 Å². The van der Waals surface area contributed by atoms with Crippen LogP contribution in [0.3, 0.4) is 0 Å². The summed E-state index contributed by atoms with van der Waals surface area (Å²) < 4.78 is 0. The van der Waals surface area contributed by atoms with Crippen molar-refractivity contribution in [2.24, 2.45) is 10.9 Å². The Kier molecular flexibility index (Phi) is 7.09. The molecule has 2 aromatic rings. The molecule has 1 saturated heterocycles. The van der Waals surface area contributed by atoms with Crippen molar-refractivity contribution in [2.75, 3.05) is 26.7 Å². The lowest BCUT2D eigenvalue weighted by Gasteiger charge is -2.32. The number of hydrogen-bond acceptors (Lipinski definition) is 3. The lowest BCUT2D eigenvalue weighted by Crippen LogP contribution is -2.42. The van der Waals surface area contributed by atoms with Crippen molar-refractivity contribution >= 4 is 17.3 Å². The summed E-state index contributed by atoms with van der Waals surface area (Å²) in [5.74, 6) is 1.62. The van der Waals surface area contributed by atoms with Crippen molar-refractivity contribution in [3.63, 3.8) is 0 Å². The molecule has 2 heterocycles. The van der Waals surface area contributed by atoms with Gasteiger partial charge in [-0.1, -0.05) is 35.9 Å². The van der Waals surface area contributed by atoms with Crippen molar-refractivity contribution in [3.8, 4) is 0 Å². The fraction of sp³-hybridized carbons (Fsp3) is 0.476. The molecule has 0 radical (unpaired) electrons. The summed E-state index contributed by atoms with van der Waals surface area (Å²) in [6.07, 6.45) is 2.51. The van der Waals surface area contributed by atoms with Gasteiger partial charge in [0.25, 0.3) is 0 Å². The minimum atomic E-state index is 0.729. The van der Waals surface area contributed by atoms with E-state index < -0.39 is 0 Å². The molecule has 0 atom stereocenters. The Morgan fingerprint density at radius 2 is 2.04 bits per heavy atom. The number of aryl methyl sites for hydroxylation is 1. The number of guanidine groups is 1. The van der Waals surface area contributed by atoms with Gasteiger partial charge in [0.2, 0.25) is 0 Å². The van der Waals surface area contributed by atoms with Crippen molar-refractivity contribution in [1.29, 1.82) is 0 Å². The summed E-state index contributed by atoms with van der Waals surface area (Å²) in [5.41, 5.74) is 2.58. The monoisotopic (exact) mass is 370 g/mol. The largest absolute Gasteiger partial charge is 0.356 e. The highest BCUT2D eigenvalue weighted by Gasteiger charge is 2.19. The highest BCUT2D eigenvalue weighted by molar-refractivity contribution is 7.09. The number of nitrogens with one attached hydrogen (secondary N) is 2. The Hall–Kier alpha value is -1.85. The predicted molar refractivity (Wildman–Crippen MR) is 112 cm³/mol. The zero-order valence-corrected chi connectivity index (χ0v) is 16.7. The van der Waals surface area contributed by atoms with E-state index in [-0.39, 0.29) is 0 Å². The van der Waals surface area contributed by atoms with Crippen LogP contribution in [0.2, 0.25) is 0 Å². The molecule has 4 nitrogen and oxygen atoms in total. The number of thiophene rings is 1. The quantitative estimate of drug-likeness (QED) is 0.602. The molecule has 0 aliphatic carbocycles. The second kappa shape index (κ2) is 9.74. The van der Waals surface area contributed by atoms with Crippen LogP contribution in [0.5, 0.6) is 0 Å². The maximum absolute atomic E-state index is 4.36. The van der Waals surface area contributed by atoms with E-state index in [1.54, 1.807) is 0 Å². The van der Waals surface area contributed by atoms with Gasteiger partial charge >= 0.3 is 0 Å². The van der Waals surface area contributed by atoms with Gasteiger partial charge in [0, 0.05) is 31.6 Å². The third-order valence-electron chi connectivity index (χ3n) is 4.99. The van der Waals surface area contributed by atoms with Gasteiger partial charge in [-0.05, 0) is 55.8 Å². The standard InChI is InChI=1S/C21H30N4S/c1-17-5-3-6-19(13-17)15-24-21(22-2)23-14-18-8-10-25(11-9-18)16-20-7-4-12-26-20/h3-7,12-13,18H,8-11,14-16H2,1-2H3,(H2,22,23,24). The smallest absolute Gasteiger partial charge is 0.191 e. The molecule has 1 aliphatic rings. The molecule has 1 aromatic carbocycles. The molecule has 0 saturated carbocycles. The third kappa shape index (κ3) is 5.85. The van der Waals surface area contributed by atoms with Gasteiger partial charge in [0.15, 0.2) is 5.96 Å². The van der Waals surface area contributed by atoms with Crippen LogP contribution in [0.4, 0.5) is 0 Å². The average molecular weight is 371 g/mol. The van der Waals surface area contributed by atoms with E-state index in [0.717, 1.165) is 31.5 Å². The van der Waals surface area contributed by atoms with Crippen LogP contribution in [0, 0.1) is 12.8 Å². The first-order valence-electron chi connectivity index (χ1n) is 9.47. The van der Waals surface area contributed by atoms with Gasteiger partial charge in [-0.15, -0.1) is 11.3 Å². The third-order valence-corrected chi connectivity index (χ3v) is 5.85. The molecular formula is C21H30N4S. The van der Waals surface area contributed by atoms with E-state index in [1.807, 2.05) is 18.4 Å². The van der Waals surface area contributed by atoms with Crippen molar-refractivity contribution in [1.82, 2.24) is 15.5 Å². The zero-order chi connectivity index (χ0) is 18.2. The van der Waals surface area contributed by atoms with Gasteiger partial charge in [0.05, 0.1) is 0 Å². The van der Waals surface area contributed by atoms with E-state index in [4.69, 9.17) is 0 Å². The molecule has 3 rings (SSSR count). The lowest BCUT2D eigenvalue weighted by molar-refractivity contribution is 0.179. The summed E-state index contributed by atoms with van der Waals surface area (Å²) in [5, 5.41) is 9.10. The molecule has 1 aromatic heterocycles. The Balaban J connectivity index is 1.36. The minimum Gasteiger partial charge on any atom is -0.356 e.